The van der Waals surface area contributed by atoms with Gasteiger partial charge in [-0.2, -0.15) is 11.8 Å². The summed E-state index contributed by atoms with van der Waals surface area (Å²) in [6.07, 6.45) is 4.24. The monoisotopic (exact) mass is 281 g/mol. The summed E-state index contributed by atoms with van der Waals surface area (Å²) in [5, 5.41) is 12.5. The van der Waals surface area contributed by atoms with E-state index in [-0.39, 0.29) is 4.75 Å². The van der Waals surface area contributed by atoms with Gasteiger partial charge in [0.2, 0.25) is 0 Å². The highest BCUT2D eigenvalue weighted by molar-refractivity contribution is 8.00. The summed E-state index contributed by atoms with van der Waals surface area (Å²) in [6, 6.07) is 5.40. The van der Waals surface area contributed by atoms with Crippen LogP contribution in [0.1, 0.15) is 42.6 Å². The largest absolute Gasteiger partial charge is 0.478 e. The van der Waals surface area contributed by atoms with Crippen molar-refractivity contribution in [2.24, 2.45) is 0 Å². The highest BCUT2D eigenvalue weighted by Crippen LogP contribution is 2.31. The summed E-state index contributed by atoms with van der Waals surface area (Å²) in [5.41, 5.74) is 2.12. The first kappa shape index (κ1) is 15.9. The number of aryl methyl sites for hydroxylation is 1. The number of hydrogen-bond donors (Lipinski definition) is 2. The molecule has 4 heteroatoms. The quantitative estimate of drug-likeness (QED) is 0.792. The summed E-state index contributed by atoms with van der Waals surface area (Å²) in [7, 11) is 0. The topological polar surface area (TPSA) is 49.3 Å². The Hall–Kier alpha value is -1.16. The molecular formula is C15H23NO2S. The third kappa shape index (κ3) is 3.90. The number of rotatable bonds is 7. The van der Waals surface area contributed by atoms with Gasteiger partial charge in [-0.1, -0.05) is 19.9 Å². The van der Waals surface area contributed by atoms with E-state index in [9.17, 15) is 9.90 Å². The van der Waals surface area contributed by atoms with E-state index in [0.717, 1.165) is 24.9 Å². The minimum atomic E-state index is -0.884. The summed E-state index contributed by atoms with van der Waals surface area (Å²) >= 11 is 1.85. The molecule has 0 atom stereocenters. The zero-order valence-electron chi connectivity index (χ0n) is 12.1. The molecule has 0 aliphatic carbocycles. The Bertz CT molecular complexity index is 434. The van der Waals surface area contributed by atoms with Crippen LogP contribution in [0.25, 0.3) is 0 Å². The molecule has 0 heterocycles. The molecular weight excluding hydrogens is 258 g/mol. The summed E-state index contributed by atoms with van der Waals surface area (Å²) < 4.78 is 0.166. The first-order valence-electron chi connectivity index (χ1n) is 6.61. The van der Waals surface area contributed by atoms with Crippen molar-refractivity contribution in [1.82, 2.24) is 0 Å². The van der Waals surface area contributed by atoms with Crippen LogP contribution >= 0.6 is 11.8 Å². The van der Waals surface area contributed by atoms with Crippen LogP contribution in [0.5, 0.6) is 0 Å². The first-order chi connectivity index (χ1) is 8.98. The van der Waals surface area contributed by atoms with E-state index in [2.05, 4.69) is 25.4 Å². The molecule has 2 N–H and O–H groups in total. The number of hydrogen-bond acceptors (Lipinski definition) is 3. The van der Waals surface area contributed by atoms with Crippen LogP contribution in [-0.2, 0) is 0 Å². The molecule has 1 rings (SSSR count). The smallest absolute Gasteiger partial charge is 0.337 e. The standard InChI is InChI=1S/C15H23NO2S/c1-5-15(6-2,19-4)10-16-13-9-11(3)7-8-12(13)14(17)18/h7-9,16H,5-6,10H2,1-4H3,(H,17,18). The van der Waals surface area contributed by atoms with Gasteiger partial charge in [-0.15, -0.1) is 0 Å². The van der Waals surface area contributed by atoms with Crippen molar-refractivity contribution in [3.8, 4) is 0 Å². The van der Waals surface area contributed by atoms with Gasteiger partial charge in [0.15, 0.2) is 0 Å². The Morgan fingerprint density at radius 2 is 2.00 bits per heavy atom. The van der Waals surface area contributed by atoms with Gasteiger partial charge in [0, 0.05) is 17.0 Å². The third-order valence-electron chi connectivity index (χ3n) is 3.73. The van der Waals surface area contributed by atoms with Crippen molar-refractivity contribution in [2.45, 2.75) is 38.4 Å². The molecule has 0 unspecified atom stereocenters. The predicted octanol–water partition coefficient (Wildman–Crippen LogP) is 4.03. The molecule has 0 spiro atoms. The second-order valence-electron chi connectivity index (χ2n) is 4.80. The zero-order valence-corrected chi connectivity index (χ0v) is 12.9. The van der Waals surface area contributed by atoms with Gasteiger partial charge in [-0.05, 0) is 43.7 Å². The van der Waals surface area contributed by atoms with Crippen molar-refractivity contribution >= 4 is 23.4 Å². The second kappa shape index (κ2) is 6.85. The van der Waals surface area contributed by atoms with Crippen LogP contribution in [0.15, 0.2) is 18.2 Å². The van der Waals surface area contributed by atoms with E-state index in [1.165, 1.54) is 0 Å². The van der Waals surface area contributed by atoms with Crippen LogP contribution in [0.4, 0.5) is 5.69 Å². The third-order valence-corrected chi connectivity index (χ3v) is 5.32. The number of benzene rings is 1. The number of carbonyl (C=O) groups is 1. The van der Waals surface area contributed by atoms with Crippen LogP contribution in [0, 0.1) is 6.92 Å². The number of anilines is 1. The second-order valence-corrected chi connectivity index (χ2v) is 6.08. The molecule has 0 bridgehead atoms. The highest BCUT2D eigenvalue weighted by Gasteiger charge is 2.25. The van der Waals surface area contributed by atoms with Crippen molar-refractivity contribution in [1.29, 1.82) is 0 Å². The molecule has 3 nitrogen and oxygen atoms in total. The average molecular weight is 281 g/mol. The number of carboxylic acids is 1. The number of carboxylic acid groups (broad SMARTS) is 1. The van der Waals surface area contributed by atoms with Crippen LogP contribution in [-0.4, -0.2) is 28.6 Å². The van der Waals surface area contributed by atoms with Gasteiger partial charge in [0.05, 0.1) is 5.56 Å². The van der Waals surface area contributed by atoms with Gasteiger partial charge in [-0.3, -0.25) is 0 Å². The Morgan fingerprint density at radius 3 is 2.47 bits per heavy atom. The Balaban J connectivity index is 2.93. The van der Waals surface area contributed by atoms with Gasteiger partial charge in [0.1, 0.15) is 0 Å². The molecule has 1 aromatic rings. The van der Waals surface area contributed by atoms with E-state index in [4.69, 9.17) is 0 Å². The van der Waals surface area contributed by atoms with Crippen LogP contribution < -0.4 is 5.32 Å². The van der Waals surface area contributed by atoms with Gasteiger partial charge in [0.25, 0.3) is 0 Å². The molecule has 0 amide bonds. The van der Waals surface area contributed by atoms with E-state index in [0.29, 0.717) is 11.3 Å². The van der Waals surface area contributed by atoms with E-state index < -0.39 is 5.97 Å². The molecule has 0 aliphatic rings. The lowest BCUT2D eigenvalue weighted by Gasteiger charge is -2.30. The molecule has 19 heavy (non-hydrogen) atoms. The Labute approximate surface area is 119 Å². The lowest BCUT2D eigenvalue weighted by Crippen LogP contribution is -2.32. The first-order valence-corrected chi connectivity index (χ1v) is 7.83. The fraction of sp³-hybridized carbons (Fsp3) is 0.533. The molecule has 0 saturated heterocycles. The van der Waals surface area contributed by atoms with Gasteiger partial charge in [-0.25, -0.2) is 4.79 Å². The Morgan fingerprint density at radius 1 is 1.37 bits per heavy atom. The predicted molar refractivity (Wildman–Crippen MR) is 83.5 cm³/mol. The molecule has 0 aliphatic heterocycles. The molecule has 0 saturated carbocycles. The van der Waals surface area contributed by atoms with Crippen molar-refractivity contribution in [2.75, 3.05) is 18.1 Å². The number of aromatic carboxylic acids is 1. The van der Waals surface area contributed by atoms with Gasteiger partial charge < -0.3 is 10.4 Å². The van der Waals surface area contributed by atoms with Crippen molar-refractivity contribution < 1.29 is 9.90 Å². The van der Waals surface area contributed by atoms with E-state index >= 15 is 0 Å². The molecule has 0 fully saturated rings. The van der Waals surface area contributed by atoms with Crippen molar-refractivity contribution in [3.05, 3.63) is 29.3 Å². The Kier molecular flexibility index (Phi) is 5.73. The molecule has 1 aromatic carbocycles. The fourth-order valence-corrected chi connectivity index (χ4v) is 2.90. The van der Waals surface area contributed by atoms with Crippen LogP contribution in [0.3, 0.4) is 0 Å². The summed E-state index contributed by atoms with van der Waals surface area (Å²) in [6.45, 7) is 7.11. The fourth-order valence-electron chi connectivity index (χ4n) is 2.11. The van der Waals surface area contributed by atoms with E-state index in [1.807, 2.05) is 30.8 Å². The summed E-state index contributed by atoms with van der Waals surface area (Å²) in [4.78, 5) is 11.2. The minimum Gasteiger partial charge on any atom is -0.478 e. The SMILES string of the molecule is CCC(CC)(CNc1cc(C)ccc1C(=O)O)SC. The van der Waals surface area contributed by atoms with Crippen LogP contribution in [0.2, 0.25) is 0 Å². The summed E-state index contributed by atoms with van der Waals surface area (Å²) in [5.74, 6) is -0.884. The lowest BCUT2D eigenvalue weighted by atomic mass is 10.0. The maximum atomic E-state index is 11.2. The number of nitrogens with one attached hydrogen (secondary N) is 1. The average Bonchev–Trinajstić information content (AvgIpc) is 2.40. The molecule has 0 radical (unpaired) electrons. The maximum Gasteiger partial charge on any atom is 0.337 e. The molecule has 0 aromatic heterocycles. The molecule has 106 valence electrons. The number of thioether (sulfide) groups is 1. The lowest BCUT2D eigenvalue weighted by molar-refractivity contribution is 0.0698. The van der Waals surface area contributed by atoms with Crippen molar-refractivity contribution in [3.63, 3.8) is 0 Å². The normalized spacial score (nSPS) is 11.4. The zero-order chi connectivity index (χ0) is 14.5. The minimum absolute atomic E-state index is 0.166. The maximum absolute atomic E-state index is 11.2. The van der Waals surface area contributed by atoms with E-state index in [1.54, 1.807) is 6.07 Å². The van der Waals surface area contributed by atoms with Gasteiger partial charge >= 0.3 is 5.97 Å². The highest BCUT2D eigenvalue weighted by atomic mass is 32.2.